The maximum absolute atomic E-state index is 11.9. The highest BCUT2D eigenvalue weighted by Crippen LogP contribution is 2.41. The van der Waals surface area contributed by atoms with Crippen molar-refractivity contribution in [2.45, 2.75) is 45.6 Å². The first-order valence-electron chi connectivity index (χ1n) is 6.80. The number of hydrogen-bond acceptors (Lipinski definition) is 4. The molecule has 2 N–H and O–H groups in total. The molecule has 0 bridgehead atoms. The number of amides is 1. The molecule has 0 saturated heterocycles. The molecule has 1 aromatic heterocycles. The standard InChI is InChI=1S/C14H19N3O3/c1-10-15-7-4-11(17-10)9-16-12(18)8-14(13(19)20)5-2-3-6-14/h4,7H,2-3,5-6,8-9H2,1H3,(H,16,18)(H,19,20). The van der Waals surface area contributed by atoms with Gasteiger partial charge in [-0.25, -0.2) is 9.97 Å². The second kappa shape index (κ2) is 5.98. The van der Waals surface area contributed by atoms with Gasteiger partial charge in [-0.1, -0.05) is 12.8 Å². The number of carboxylic acid groups (broad SMARTS) is 1. The number of aromatic nitrogens is 2. The summed E-state index contributed by atoms with van der Waals surface area (Å²) in [6.45, 7) is 2.08. The Bertz CT molecular complexity index is 510. The topological polar surface area (TPSA) is 92.2 Å². The Morgan fingerprint density at radius 1 is 1.40 bits per heavy atom. The van der Waals surface area contributed by atoms with E-state index in [2.05, 4.69) is 15.3 Å². The van der Waals surface area contributed by atoms with Gasteiger partial charge in [-0.3, -0.25) is 9.59 Å². The SMILES string of the molecule is Cc1nccc(CNC(=O)CC2(C(=O)O)CCCC2)n1. The minimum atomic E-state index is -0.869. The quantitative estimate of drug-likeness (QED) is 0.849. The lowest BCUT2D eigenvalue weighted by molar-refractivity contribution is -0.151. The molecular weight excluding hydrogens is 258 g/mol. The van der Waals surface area contributed by atoms with Crippen LogP contribution in [0.5, 0.6) is 0 Å². The predicted octanol–water partition coefficient (Wildman–Crippen LogP) is 1.44. The van der Waals surface area contributed by atoms with Crippen molar-refractivity contribution in [1.82, 2.24) is 15.3 Å². The van der Waals surface area contributed by atoms with E-state index in [9.17, 15) is 14.7 Å². The fraction of sp³-hybridized carbons (Fsp3) is 0.571. The Morgan fingerprint density at radius 2 is 2.10 bits per heavy atom. The van der Waals surface area contributed by atoms with E-state index in [0.29, 0.717) is 25.2 Å². The van der Waals surface area contributed by atoms with Crippen molar-refractivity contribution in [3.63, 3.8) is 0 Å². The lowest BCUT2D eigenvalue weighted by Gasteiger charge is -2.22. The van der Waals surface area contributed by atoms with Gasteiger partial charge in [-0.2, -0.15) is 0 Å². The van der Waals surface area contributed by atoms with Crippen LogP contribution in [0.25, 0.3) is 0 Å². The fourth-order valence-corrected chi connectivity index (χ4v) is 2.68. The van der Waals surface area contributed by atoms with Crippen molar-refractivity contribution in [3.8, 4) is 0 Å². The molecule has 1 fully saturated rings. The smallest absolute Gasteiger partial charge is 0.310 e. The van der Waals surface area contributed by atoms with Crippen LogP contribution in [0.1, 0.15) is 43.6 Å². The number of nitrogens with zero attached hydrogens (tertiary/aromatic N) is 2. The zero-order chi connectivity index (χ0) is 14.6. The maximum Gasteiger partial charge on any atom is 0.310 e. The summed E-state index contributed by atoms with van der Waals surface area (Å²) in [6, 6.07) is 1.73. The van der Waals surface area contributed by atoms with Gasteiger partial charge >= 0.3 is 5.97 Å². The molecule has 1 saturated carbocycles. The number of aryl methyl sites for hydroxylation is 1. The molecule has 1 aliphatic rings. The van der Waals surface area contributed by atoms with Crippen molar-refractivity contribution in [3.05, 3.63) is 23.8 Å². The lowest BCUT2D eigenvalue weighted by Crippen LogP contribution is -2.35. The van der Waals surface area contributed by atoms with E-state index in [4.69, 9.17) is 0 Å². The molecule has 1 amide bonds. The molecule has 0 atom stereocenters. The van der Waals surface area contributed by atoms with Gasteiger partial charge in [0, 0.05) is 12.6 Å². The summed E-state index contributed by atoms with van der Waals surface area (Å²) < 4.78 is 0. The summed E-state index contributed by atoms with van der Waals surface area (Å²) in [7, 11) is 0. The molecule has 6 nitrogen and oxygen atoms in total. The Kier molecular flexibility index (Phi) is 4.32. The summed E-state index contributed by atoms with van der Waals surface area (Å²) in [4.78, 5) is 31.5. The van der Waals surface area contributed by atoms with Crippen LogP contribution in [-0.2, 0) is 16.1 Å². The Morgan fingerprint density at radius 3 is 2.70 bits per heavy atom. The number of carbonyl (C=O) groups excluding carboxylic acids is 1. The van der Waals surface area contributed by atoms with Crippen LogP contribution >= 0.6 is 0 Å². The highest BCUT2D eigenvalue weighted by molar-refractivity contribution is 5.85. The van der Waals surface area contributed by atoms with Gasteiger partial charge < -0.3 is 10.4 Å². The van der Waals surface area contributed by atoms with Crippen molar-refractivity contribution >= 4 is 11.9 Å². The van der Waals surface area contributed by atoms with Crippen LogP contribution in [0.4, 0.5) is 0 Å². The van der Waals surface area contributed by atoms with E-state index in [0.717, 1.165) is 18.5 Å². The molecule has 0 aromatic carbocycles. The van der Waals surface area contributed by atoms with Crippen molar-refractivity contribution < 1.29 is 14.7 Å². The van der Waals surface area contributed by atoms with Crippen LogP contribution in [0.15, 0.2) is 12.3 Å². The number of aliphatic carboxylic acids is 1. The minimum Gasteiger partial charge on any atom is -0.481 e. The molecule has 20 heavy (non-hydrogen) atoms. The molecule has 1 aliphatic carbocycles. The first kappa shape index (κ1) is 14.4. The third-order valence-electron chi connectivity index (χ3n) is 3.81. The second-order valence-corrected chi connectivity index (χ2v) is 5.34. The van der Waals surface area contributed by atoms with E-state index < -0.39 is 11.4 Å². The van der Waals surface area contributed by atoms with Gasteiger partial charge in [0.05, 0.1) is 17.7 Å². The minimum absolute atomic E-state index is 0.0480. The van der Waals surface area contributed by atoms with Crippen molar-refractivity contribution in [2.75, 3.05) is 0 Å². The molecule has 0 unspecified atom stereocenters. The zero-order valence-corrected chi connectivity index (χ0v) is 11.6. The lowest BCUT2D eigenvalue weighted by atomic mass is 9.82. The number of hydrogen-bond donors (Lipinski definition) is 2. The summed E-state index contributed by atoms with van der Waals surface area (Å²) >= 11 is 0. The molecular formula is C14H19N3O3. The maximum atomic E-state index is 11.9. The molecule has 108 valence electrons. The van der Waals surface area contributed by atoms with Gasteiger partial charge in [0.2, 0.25) is 5.91 Å². The highest BCUT2D eigenvalue weighted by Gasteiger charge is 2.42. The van der Waals surface area contributed by atoms with E-state index in [-0.39, 0.29) is 12.3 Å². The molecule has 2 rings (SSSR count). The van der Waals surface area contributed by atoms with E-state index in [1.807, 2.05) is 0 Å². The Balaban J connectivity index is 1.90. The average Bonchev–Trinajstić information content (AvgIpc) is 2.86. The molecule has 6 heteroatoms. The number of nitrogens with one attached hydrogen (secondary N) is 1. The van der Waals surface area contributed by atoms with Gasteiger partial charge in [-0.15, -0.1) is 0 Å². The summed E-state index contributed by atoms with van der Waals surface area (Å²) in [6.07, 6.45) is 4.62. The fourth-order valence-electron chi connectivity index (χ4n) is 2.68. The van der Waals surface area contributed by atoms with Gasteiger partial charge in [-0.05, 0) is 25.8 Å². The van der Waals surface area contributed by atoms with Gasteiger partial charge in [0.15, 0.2) is 0 Å². The molecule has 1 heterocycles. The van der Waals surface area contributed by atoms with Gasteiger partial charge in [0.25, 0.3) is 0 Å². The molecule has 0 aliphatic heterocycles. The Hall–Kier alpha value is -1.98. The normalized spacial score (nSPS) is 16.9. The van der Waals surface area contributed by atoms with E-state index in [1.54, 1.807) is 19.2 Å². The zero-order valence-electron chi connectivity index (χ0n) is 11.6. The number of carbonyl (C=O) groups is 2. The Labute approximate surface area is 117 Å². The molecule has 0 radical (unpaired) electrons. The average molecular weight is 277 g/mol. The summed E-state index contributed by atoms with van der Waals surface area (Å²) in [5.41, 5.74) is -0.146. The summed E-state index contributed by atoms with van der Waals surface area (Å²) in [5, 5.41) is 12.1. The monoisotopic (exact) mass is 277 g/mol. The van der Waals surface area contributed by atoms with Crippen molar-refractivity contribution in [2.24, 2.45) is 5.41 Å². The molecule has 0 spiro atoms. The van der Waals surface area contributed by atoms with Crippen LogP contribution < -0.4 is 5.32 Å². The predicted molar refractivity (Wildman–Crippen MR) is 71.8 cm³/mol. The third kappa shape index (κ3) is 3.31. The number of carboxylic acids is 1. The second-order valence-electron chi connectivity index (χ2n) is 5.34. The largest absolute Gasteiger partial charge is 0.481 e. The van der Waals surface area contributed by atoms with Crippen LogP contribution in [0.3, 0.4) is 0 Å². The van der Waals surface area contributed by atoms with Crippen molar-refractivity contribution in [1.29, 1.82) is 0 Å². The molecule has 1 aromatic rings. The van der Waals surface area contributed by atoms with Crippen LogP contribution in [0.2, 0.25) is 0 Å². The van der Waals surface area contributed by atoms with E-state index in [1.165, 1.54) is 0 Å². The summed E-state index contributed by atoms with van der Waals surface area (Å²) in [5.74, 6) is -0.442. The first-order chi connectivity index (χ1) is 9.52. The van der Waals surface area contributed by atoms with Crippen LogP contribution in [0, 0.1) is 12.3 Å². The first-order valence-corrected chi connectivity index (χ1v) is 6.80. The van der Waals surface area contributed by atoms with Crippen LogP contribution in [-0.4, -0.2) is 27.0 Å². The van der Waals surface area contributed by atoms with E-state index >= 15 is 0 Å². The van der Waals surface area contributed by atoms with Gasteiger partial charge in [0.1, 0.15) is 5.82 Å². The number of rotatable bonds is 5. The third-order valence-corrected chi connectivity index (χ3v) is 3.81. The highest BCUT2D eigenvalue weighted by atomic mass is 16.4.